The van der Waals surface area contributed by atoms with E-state index in [2.05, 4.69) is 15.4 Å². The zero-order chi connectivity index (χ0) is 15.1. The zero-order valence-corrected chi connectivity index (χ0v) is 13.1. The number of aryl methyl sites for hydroxylation is 2. The Morgan fingerprint density at radius 3 is 2.71 bits per heavy atom. The van der Waals surface area contributed by atoms with Crippen LogP contribution in [-0.2, 0) is 11.3 Å². The highest BCUT2D eigenvalue weighted by molar-refractivity contribution is 8.14. The van der Waals surface area contributed by atoms with Crippen LogP contribution in [0.15, 0.2) is 0 Å². The molecule has 0 spiro atoms. The van der Waals surface area contributed by atoms with Gasteiger partial charge in [-0.3, -0.25) is 14.5 Å². The number of fused-ring (bicyclic) bond motifs is 1. The minimum absolute atomic E-state index is 0.0747. The van der Waals surface area contributed by atoms with Gasteiger partial charge in [0.2, 0.25) is 5.91 Å². The number of aromatic nitrogens is 2. The second-order valence-electron chi connectivity index (χ2n) is 4.63. The summed E-state index contributed by atoms with van der Waals surface area (Å²) in [6.07, 6.45) is 0. The Hall–Kier alpha value is -1.71. The van der Waals surface area contributed by atoms with E-state index in [1.165, 1.54) is 4.90 Å². The zero-order valence-electron chi connectivity index (χ0n) is 11.5. The molecule has 1 saturated heterocycles. The van der Waals surface area contributed by atoms with Crippen LogP contribution in [0.2, 0.25) is 0 Å². The first-order valence-corrected chi connectivity index (χ1v) is 8.02. The number of nitrogens with zero attached hydrogens (tertiary/aromatic N) is 3. The second-order valence-corrected chi connectivity index (χ2v) is 6.76. The molecular weight excluding hydrogens is 310 g/mol. The number of thioether (sulfide) groups is 1. The molecule has 3 N–H and O–H groups in total. The molecule has 0 bridgehead atoms. The van der Waals surface area contributed by atoms with E-state index in [0.717, 1.165) is 32.4 Å². The number of amides is 2. The molecule has 0 unspecified atom stereocenters. The molecule has 1 fully saturated rings. The monoisotopic (exact) mass is 323 g/mol. The number of thiophene rings is 1. The molecule has 21 heavy (non-hydrogen) atoms. The first kappa shape index (κ1) is 14.2. The predicted molar refractivity (Wildman–Crippen MR) is 83.1 cm³/mol. The molecule has 0 aliphatic carbocycles. The van der Waals surface area contributed by atoms with Gasteiger partial charge in [0.15, 0.2) is 11.6 Å². The van der Waals surface area contributed by atoms with Crippen LogP contribution >= 0.6 is 23.1 Å². The van der Waals surface area contributed by atoms with Crippen molar-refractivity contribution in [3.63, 3.8) is 0 Å². The van der Waals surface area contributed by atoms with Gasteiger partial charge in [-0.05, 0) is 19.4 Å². The summed E-state index contributed by atoms with van der Waals surface area (Å²) in [6.45, 7) is 4.07. The van der Waals surface area contributed by atoms with Crippen molar-refractivity contribution >= 4 is 50.3 Å². The van der Waals surface area contributed by atoms with Crippen molar-refractivity contribution in [1.29, 1.82) is 0 Å². The number of nitrogens with two attached hydrogens (primary N) is 1. The average Bonchev–Trinajstić information content (AvgIpc) is 2.92. The van der Waals surface area contributed by atoms with Gasteiger partial charge in [0.25, 0.3) is 5.24 Å². The van der Waals surface area contributed by atoms with Crippen molar-refractivity contribution in [1.82, 2.24) is 14.9 Å². The Kier molecular flexibility index (Phi) is 3.56. The normalized spacial score (nSPS) is 15.3. The van der Waals surface area contributed by atoms with E-state index >= 15 is 0 Å². The highest BCUT2D eigenvalue weighted by Crippen LogP contribution is 2.33. The number of hydrogen-bond acceptors (Lipinski definition) is 8. The second kappa shape index (κ2) is 5.24. The van der Waals surface area contributed by atoms with Crippen molar-refractivity contribution in [2.24, 2.45) is 5.84 Å². The number of rotatable bonds is 3. The van der Waals surface area contributed by atoms with E-state index < -0.39 is 0 Å². The topological polar surface area (TPSA) is 101 Å². The largest absolute Gasteiger partial charge is 0.308 e. The fourth-order valence-corrected chi connectivity index (χ4v) is 3.92. The van der Waals surface area contributed by atoms with Gasteiger partial charge in [0.05, 0.1) is 17.7 Å². The molecule has 2 aromatic heterocycles. The minimum atomic E-state index is -0.260. The van der Waals surface area contributed by atoms with E-state index in [1.54, 1.807) is 11.3 Å². The van der Waals surface area contributed by atoms with Gasteiger partial charge < -0.3 is 5.43 Å². The smallest absolute Gasteiger partial charge is 0.289 e. The highest BCUT2D eigenvalue weighted by Gasteiger charge is 2.31. The number of carbonyl (C=O) groups is 2. The summed E-state index contributed by atoms with van der Waals surface area (Å²) in [5, 5.41) is 0.627. The van der Waals surface area contributed by atoms with Crippen LogP contribution in [0.5, 0.6) is 0 Å². The Morgan fingerprint density at radius 2 is 2.10 bits per heavy atom. The van der Waals surface area contributed by atoms with Crippen molar-refractivity contribution in [3.8, 4) is 0 Å². The summed E-state index contributed by atoms with van der Waals surface area (Å²) in [4.78, 5) is 35.2. The predicted octanol–water partition coefficient (Wildman–Crippen LogP) is 1.79. The first-order chi connectivity index (χ1) is 10.0. The van der Waals surface area contributed by atoms with Crippen LogP contribution in [0.1, 0.15) is 16.3 Å². The molecule has 3 rings (SSSR count). The molecule has 3 heterocycles. The third kappa shape index (κ3) is 2.37. The van der Waals surface area contributed by atoms with E-state index in [4.69, 9.17) is 5.84 Å². The van der Waals surface area contributed by atoms with Gasteiger partial charge in [-0.25, -0.2) is 15.8 Å². The molecule has 1 aliphatic heterocycles. The third-order valence-corrected chi connectivity index (χ3v) is 5.31. The maximum Gasteiger partial charge on any atom is 0.289 e. The van der Waals surface area contributed by atoms with Crippen LogP contribution in [0, 0.1) is 13.8 Å². The summed E-state index contributed by atoms with van der Waals surface area (Å²) in [5.41, 5.74) is 3.66. The SMILES string of the molecule is Cc1sc2nc(CN3C(=O)CSC3=O)nc(NN)c2c1C. The summed E-state index contributed by atoms with van der Waals surface area (Å²) < 4.78 is 0. The number of nitrogen functional groups attached to an aromatic ring is 1. The van der Waals surface area contributed by atoms with Crippen LogP contribution in [-0.4, -0.2) is 31.8 Å². The molecule has 0 radical (unpaired) electrons. The van der Waals surface area contributed by atoms with Crippen LogP contribution in [0.25, 0.3) is 10.2 Å². The number of imide groups is 1. The van der Waals surface area contributed by atoms with Gasteiger partial charge in [-0.1, -0.05) is 11.8 Å². The minimum Gasteiger partial charge on any atom is -0.308 e. The number of anilines is 1. The Bertz CT molecular complexity index is 742. The average molecular weight is 323 g/mol. The van der Waals surface area contributed by atoms with Crippen molar-refractivity contribution in [3.05, 3.63) is 16.3 Å². The summed E-state index contributed by atoms with van der Waals surface area (Å²) in [6, 6.07) is 0. The molecule has 9 heteroatoms. The van der Waals surface area contributed by atoms with Crippen molar-refractivity contribution in [2.75, 3.05) is 11.2 Å². The van der Waals surface area contributed by atoms with Crippen LogP contribution in [0.4, 0.5) is 10.6 Å². The van der Waals surface area contributed by atoms with Crippen molar-refractivity contribution < 1.29 is 9.59 Å². The molecule has 110 valence electrons. The summed E-state index contributed by atoms with van der Waals surface area (Å²) in [7, 11) is 0. The molecule has 1 aliphatic rings. The molecule has 0 aromatic carbocycles. The number of hydrazine groups is 1. The maximum absolute atomic E-state index is 11.7. The Labute approximate surface area is 128 Å². The lowest BCUT2D eigenvalue weighted by Crippen LogP contribution is -2.29. The van der Waals surface area contributed by atoms with Crippen LogP contribution < -0.4 is 11.3 Å². The first-order valence-electron chi connectivity index (χ1n) is 6.21. The molecule has 0 saturated carbocycles. The molecule has 2 aromatic rings. The fourth-order valence-electron chi connectivity index (χ4n) is 2.14. The number of nitrogens with one attached hydrogen (secondary N) is 1. The Morgan fingerprint density at radius 1 is 1.33 bits per heavy atom. The van der Waals surface area contributed by atoms with E-state index in [-0.39, 0.29) is 23.4 Å². The molecular formula is C12H13N5O2S2. The quantitative estimate of drug-likeness (QED) is 0.656. The van der Waals surface area contributed by atoms with Gasteiger partial charge in [0.1, 0.15) is 4.83 Å². The fraction of sp³-hybridized carbons (Fsp3) is 0.333. The standard InChI is InChI=1S/C12H13N5O2S2/c1-5-6(2)21-11-9(5)10(16-13)14-7(15-11)3-17-8(18)4-20-12(17)19/h3-4,13H2,1-2H3,(H,14,15,16). The highest BCUT2D eigenvalue weighted by atomic mass is 32.2. The Balaban J connectivity index is 2.04. The maximum atomic E-state index is 11.7. The van der Waals surface area contributed by atoms with E-state index in [9.17, 15) is 9.59 Å². The molecule has 2 amide bonds. The summed E-state index contributed by atoms with van der Waals surface area (Å²) >= 11 is 2.54. The van der Waals surface area contributed by atoms with E-state index in [1.807, 2.05) is 13.8 Å². The summed E-state index contributed by atoms with van der Waals surface area (Å²) in [5.74, 6) is 6.43. The lowest BCUT2D eigenvalue weighted by atomic mass is 10.2. The van der Waals surface area contributed by atoms with Gasteiger partial charge in [0, 0.05) is 4.88 Å². The number of carbonyl (C=O) groups excluding carboxylic acids is 2. The lowest BCUT2D eigenvalue weighted by Gasteiger charge is -2.12. The van der Waals surface area contributed by atoms with Gasteiger partial charge >= 0.3 is 0 Å². The molecule has 0 atom stereocenters. The van der Waals surface area contributed by atoms with Crippen molar-refractivity contribution in [2.45, 2.75) is 20.4 Å². The van der Waals surface area contributed by atoms with E-state index in [0.29, 0.717) is 11.6 Å². The van der Waals surface area contributed by atoms with Gasteiger partial charge in [-0.2, -0.15) is 0 Å². The number of hydrogen-bond donors (Lipinski definition) is 2. The third-order valence-electron chi connectivity index (χ3n) is 3.35. The van der Waals surface area contributed by atoms with Gasteiger partial charge in [-0.15, -0.1) is 11.3 Å². The van der Waals surface area contributed by atoms with Crippen LogP contribution in [0.3, 0.4) is 0 Å². The lowest BCUT2D eigenvalue weighted by molar-refractivity contribution is -0.125. The molecule has 7 nitrogen and oxygen atoms in total.